The second kappa shape index (κ2) is 5.55. The molecule has 0 fully saturated rings. The van der Waals surface area contributed by atoms with Gasteiger partial charge in [0.05, 0.1) is 0 Å². The Kier molecular flexibility index (Phi) is 4.05. The van der Waals surface area contributed by atoms with Gasteiger partial charge in [0.15, 0.2) is 0 Å². The molecule has 0 amide bonds. The third-order valence-electron chi connectivity index (χ3n) is 3.28. The fourth-order valence-corrected chi connectivity index (χ4v) is 2.11. The first-order valence-corrected chi connectivity index (χ1v) is 6.61. The summed E-state index contributed by atoms with van der Waals surface area (Å²) < 4.78 is 0. The maximum atomic E-state index is 6.15. The molecule has 0 aromatic heterocycles. The molecule has 1 nitrogen and oxygen atoms in total. The summed E-state index contributed by atoms with van der Waals surface area (Å²) in [5.41, 5.74) is 10.6. The third-order valence-corrected chi connectivity index (χ3v) is 3.69. The predicted octanol–water partition coefficient (Wildman–Crippen LogP) is 4.73. The lowest BCUT2D eigenvalue weighted by Crippen LogP contribution is -2.08. The summed E-state index contributed by atoms with van der Waals surface area (Å²) in [6.07, 6.45) is 0.954. The highest BCUT2D eigenvalue weighted by Crippen LogP contribution is 2.26. The van der Waals surface area contributed by atoms with E-state index in [1.807, 2.05) is 19.1 Å². The van der Waals surface area contributed by atoms with Gasteiger partial charge in [-0.3, -0.25) is 0 Å². The molecule has 2 heteroatoms. The Morgan fingerprint density at radius 1 is 1.06 bits per heavy atom. The number of nitrogens with two attached hydrogens (primary N) is 1. The second-order valence-corrected chi connectivity index (χ2v) is 5.01. The fraction of sp³-hybridized carbons (Fsp3) is 0.250. The summed E-state index contributed by atoms with van der Waals surface area (Å²) >= 11 is 6.15. The molecule has 0 heterocycles. The molecular formula is C16H18ClN. The fourth-order valence-electron chi connectivity index (χ4n) is 1.93. The van der Waals surface area contributed by atoms with Crippen LogP contribution >= 0.6 is 11.6 Å². The van der Waals surface area contributed by atoms with Crippen molar-refractivity contribution in [1.82, 2.24) is 0 Å². The quantitative estimate of drug-likeness (QED) is 0.848. The van der Waals surface area contributed by atoms with Gasteiger partial charge in [-0.15, -0.1) is 0 Å². The first kappa shape index (κ1) is 13.1. The van der Waals surface area contributed by atoms with Gasteiger partial charge in [0.25, 0.3) is 0 Å². The van der Waals surface area contributed by atoms with Crippen molar-refractivity contribution in [3.05, 3.63) is 58.6 Å². The van der Waals surface area contributed by atoms with Crippen molar-refractivity contribution in [3.63, 3.8) is 0 Å². The maximum Gasteiger partial charge on any atom is 0.0441 e. The summed E-state index contributed by atoms with van der Waals surface area (Å²) in [7, 11) is 0. The Balaban J connectivity index is 2.31. The first-order chi connectivity index (χ1) is 8.61. The number of halogens is 1. The standard InChI is InChI=1S/C16H18ClN/c1-3-16(18)13-8-6-12(7-9-13)14-5-4-11(2)15(17)10-14/h4-10,16H,3,18H2,1-2H3. The molecule has 18 heavy (non-hydrogen) atoms. The third kappa shape index (κ3) is 2.74. The van der Waals surface area contributed by atoms with Crippen molar-refractivity contribution in [2.45, 2.75) is 26.3 Å². The zero-order chi connectivity index (χ0) is 13.1. The van der Waals surface area contributed by atoms with E-state index >= 15 is 0 Å². The molecule has 0 bridgehead atoms. The van der Waals surface area contributed by atoms with Gasteiger partial charge in [0.1, 0.15) is 0 Å². The Bertz CT molecular complexity index is 531. The van der Waals surface area contributed by atoms with E-state index in [9.17, 15) is 0 Å². The van der Waals surface area contributed by atoms with Crippen molar-refractivity contribution in [3.8, 4) is 11.1 Å². The minimum Gasteiger partial charge on any atom is -0.324 e. The van der Waals surface area contributed by atoms with E-state index in [2.05, 4.69) is 37.3 Å². The van der Waals surface area contributed by atoms with E-state index in [1.54, 1.807) is 0 Å². The lowest BCUT2D eigenvalue weighted by Gasteiger charge is -2.10. The lowest BCUT2D eigenvalue weighted by molar-refractivity contribution is 0.699. The second-order valence-electron chi connectivity index (χ2n) is 4.60. The molecule has 1 atom stereocenters. The smallest absolute Gasteiger partial charge is 0.0441 e. The molecule has 0 saturated heterocycles. The SMILES string of the molecule is CCC(N)c1ccc(-c2ccc(C)c(Cl)c2)cc1. The van der Waals surface area contributed by atoms with Crippen LogP contribution < -0.4 is 5.73 Å². The van der Waals surface area contributed by atoms with Crippen LogP contribution in [0.25, 0.3) is 11.1 Å². The summed E-state index contributed by atoms with van der Waals surface area (Å²) in [6.45, 7) is 4.10. The first-order valence-electron chi connectivity index (χ1n) is 6.24. The van der Waals surface area contributed by atoms with E-state index in [4.69, 9.17) is 17.3 Å². The van der Waals surface area contributed by atoms with Crippen LogP contribution in [-0.2, 0) is 0 Å². The van der Waals surface area contributed by atoms with Gasteiger partial charge in [-0.1, -0.05) is 54.9 Å². The van der Waals surface area contributed by atoms with Crippen molar-refractivity contribution in [2.75, 3.05) is 0 Å². The van der Waals surface area contributed by atoms with Crippen molar-refractivity contribution in [1.29, 1.82) is 0 Å². The van der Waals surface area contributed by atoms with E-state index < -0.39 is 0 Å². The molecule has 2 aromatic carbocycles. The van der Waals surface area contributed by atoms with Gasteiger partial charge in [0.2, 0.25) is 0 Å². The Labute approximate surface area is 114 Å². The zero-order valence-corrected chi connectivity index (χ0v) is 11.5. The molecule has 0 aliphatic heterocycles. The van der Waals surface area contributed by atoms with Crippen LogP contribution in [0, 0.1) is 6.92 Å². The largest absolute Gasteiger partial charge is 0.324 e. The van der Waals surface area contributed by atoms with Crippen molar-refractivity contribution < 1.29 is 0 Å². The van der Waals surface area contributed by atoms with Crippen LogP contribution in [0.5, 0.6) is 0 Å². The summed E-state index contributed by atoms with van der Waals surface area (Å²) in [5, 5.41) is 0.807. The minimum atomic E-state index is 0.126. The van der Waals surface area contributed by atoms with Gasteiger partial charge < -0.3 is 5.73 Å². The van der Waals surface area contributed by atoms with Gasteiger partial charge in [-0.2, -0.15) is 0 Å². The Morgan fingerprint density at radius 3 is 2.22 bits per heavy atom. The van der Waals surface area contributed by atoms with E-state index in [1.165, 1.54) is 11.1 Å². The normalized spacial score (nSPS) is 12.4. The number of aryl methyl sites for hydroxylation is 1. The number of hydrogen-bond acceptors (Lipinski definition) is 1. The number of hydrogen-bond donors (Lipinski definition) is 1. The van der Waals surface area contributed by atoms with Crippen LogP contribution in [0.1, 0.15) is 30.5 Å². The minimum absolute atomic E-state index is 0.126. The maximum absolute atomic E-state index is 6.15. The highest BCUT2D eigenvalue weighted by molar-refractivity contribution is 6.31. The van der Waals surface area contributed by atoms with Crippen LogP contribution in [0.15, 0.2) is 42.5 Å². The lowest BCUT2D eigenvalue weighted by atomic mass is 9.99. The van der Waals surface area contributed by atoms with E-state index in [0.29, 0.717) is 0 Å². The molecule has 0 radical (unpaired) electrons. The topological polar surface area (TPSA) is 26.0 Å². The Hall–Kier alpha value is -1.31. The average Bonchev–Trinajstić information content (AvgIpc) is 2.41. The number of benzene rings is 2. The molecule has 0 saturated carbocycles. The summed E-state index contributed by atoms with van der Waals surface area (Å²) in [4.78, 5) is 0. The Morgan fingerprint density at radius 2 is 1.67 bits per heavy atom. The molecule has 0 aliphatic rings. The summed E-state index contributed by atoms with van der Waals surface area (Å²) in [5.74, 6) is 0. The number of rotatable bonds is 3. The van der Waals surface area contributed by atoms with Crippen LogP contribution in [0.3, 0.4) is 0 Å². The molecule has 2 rings (SSSR count). The van der Waals surface area contributed by atoms with Gasteiger partial charge >= 0.3 is 0 Å². The van der Waals surface area contributed by atoms with Crippen molar-refractivity contribution in [2.24, 2.45) is 5.73 Å². The van der Waals surface area contributed by atoms with Crippen LogP contribution in [0.2, 0.25) is 5.02 Å². The summed E-state index contributed by atoms with van der Waals surface area (Å²) in [6, 6.07) is 14.7. The van der Waals surface area contributed by atoms with Crippen LogP contribution in [0.4, 0.5) is 0 Å². The average molecular weight is 260 g/mol. The van der Waals surface area contributed by atoms with Crippen LogP contribution in [-0.4, -0.2) is 0 Å². The van der Waals surface area contributed by atoms with Gasteiger partial charge in [-0.05, 0) is 41.7 Å². The molecule has 94 valence electrons. The predicted molar refractivity (Wildman–Crippen MR) is 78.8 cm³/mol. The highest BCUT2D eigenvalue weighted by Gasteiger charge is 2.04. The van der Waals surface area contributed by atoms with Crippen molar-refractivity contribution >= 4 is 11.6 Å². The molecule has 1 unspecified atom stereocenters. The van der Waals surface area contributed by atoms with E-state index in [-0.39, 0.29) is 6.04 Å². The molecule has 2 aromatic rings. The highest BCUT2D eigenvalue weighted by atomic mass is 35.5. The molecular weight excluding hydrogens is 242 g/mol. The van der Waals surface area contributed by atoms with Gasteiger partial charge in [-0.25, -0.2) is 0 Å². The monoisotopic (exact) mass is 259 g/mol. The zero-order valence-electron chi connectivity index (χ0n) is 10.8. The molecule has 0 spiro atoms. The van der Waals surface area contributed by atoms with E-state index in [0.717, 1.165) is 22.6 Å². The molecule has 2 N–H and O–H groups in total. The van der Waals surface area contributed by atoms with Gasteiger partial charge in [0, 0.05) is 11.1 Å². The molecule has 0 aliphatic carbocycles.